The van der Waals surface area contributed by atoms with Crippen molar-refractivity contribution in [2.75, 3.05) is 0 Å². The summed E-state index contributed by atoms with van der Waals surface area (Å²) in [7, 11) is 0. The van der Waals surface area contributed by atoms with E-state index in [9.17, 15) is 15.0 Å². The zero-order valence-electron chi connectivity index (χ0n) is 11.1. The lowest BCUT2D eigenvalue weighted by molar-refractivity contribution is -0.219. The first-order chi connectivity index (χ1) is 8.38. The van der Waals surface area contributed by atoms with Crippen molar-refractivity contribution in [3.63, 3.8) is 0 Å². The molecule has 2 aliphatic rings. The molecular weight excluding hydrogens is 228 g/mol. The van der Waals surface area contributed by atoms with Gasteiger partial charge in [0.15, 0.2) is 5.43 Å². The van der Waals surface area contributed by atoms with Gasteiger partial charge in [-0.15, -0.1) is 0 Å². The summed E-state index contributed by atoms with van der Waals surface area (Å²) < 4.78 is 0. The molecular formula is C15H22O3. The predicted octanol–water partition coefficient (Wildman–Crippen LogP) is 1.72. The van der Waals surface area contributed by atoms with E-state index < -0.39 is 11.7 Å². The van der Waals surface area contributed by atoms with E-state index in [0.29, 0.717) is 24.7 Å². The van der Waals surface area contributed by atoms with E-state index in [2.05, 4.69) is 13.8 Å². The van der Waals surface area contributed by atoms with Crippen LogP contribution in [0.5, 0.6) is 0 Å². The number of hydrogen-bond donors (Lipinski definition) is 2. The quantitative estimate of drug-likeness (QED) is 0.798. The van der Waals surface area contributed by atoms with Gasteiger partial charge < -0.3 is 10.2 Å². The average molecular weight is 250 g/mol. The van der Waals surface area contributed by atoms with Gasteiger partial charge in [-0.25, -0.2) is 0 Å². The standard InChI is InChI=1S/C15H22O3/c1-9-3-4-13(17)15(18)6-5-10(8-14(9,15)2)11-7-12(11)16/h7,9-10,13,17-18H,3-6,8H2,1-2H3/t9-,10+,13+,14+,15-/m1/s1. The summed E-state index contributed by atoms with van der Waals surface area (Å²) in [6.07, 6.45) is 3.32. The molecule has 2 N–H and O–H groups in total. The summed E-state index contributed by atoms with van der Waals surface area (Å²) in [5.74, 6) is 0.693. The zero-order valence-corrected chi connectivity index (χ0v) is 11.1. The van der Waals surface area contributed by atoms with Crippen molar-refractivity contribution in [1.82, 2.24) is 0 Å². The van der Waals surface area contributed by atoms with Crippen LogP contribution in [-0.4, -0.2) is 21.9 Å². The molecule has 3 rings (SSSR count). The summed E-state index contributed by atoms with van der Waals surface area (Å²) >= 11 is 0. The van der Waals surface area contributed by atoms with Crippen LogP contribution in [-0.2, 0) is 0 Å². The topological polar surface area (TPSA) is 57.5 Å². The third-order valence-electron chi connectivity index (χ3n) is 5.97. The Bertz CT molecular complexity index is 473. The number of aliphatic hydroxyl groups is 2. The maximum Gasteiger partial charge on any atom is 0.182 e. The van der Waals surface area contributed by atoms with Crippen molar-refractivity contribution in [2.45, 2.75) is 63.6 Å². The Morgan fingerprint density at radius 1 is 1.33 bits per heavy atom. The SMILES string of the molecule is C[C@@H]1CC[C@H](O)[C@]2(O)CC[C@H](c3cc3=O)C[C@@]12C. The highest BCUT2D eigenvalue weighted by molar-refractivity contribution is 5.30. The third kappa shape index (κ3) is 1.47. The minimum absolute atomic E-state index is 0.193. The summed E-state index contributed by atoms with van der Waals surface area (Å²) in [4.78, 5) is 11.3. The van der Waals surface area contributed by atoms with Gasteiger partial charge in [-0.05, 0) is 50.0 Å². The molecule has 0 unspecified atom stereocenters. The normalized spacial score (nSPS) is 49.2. The monoisotopic (exact) mass is 250 g/mol. The molecule has 0 amide bonds. The molecule has 1 aromatic rings. The van der Waals surface area contributed by atoms with E-state index in [0.717, 1.165) is 24.8 Å². The van der Waals surface area contributed by atoms with E-state index in [-0.39, 0.29) is 10.8 Å². The van der Waals surface area contributed by atoms with Crippen molar-refractivity contribution < 1.29 is 10.2 Å². The van der Waals surface area contributed by atoms with Crippen LogP contribution in [0.1, 0.15) is 57.4 Å². The fraction of sp³-hybridized carbons (Fsp3) is 0.800. The lowest BCUT2D eigenvalue weighted by Gasteiger charge is -2.58. The largest absolute Gasteiger partial charge is 0.390 e. The van der Waals surface area contributed by atoms with Crippen LogP contribution in [0, 0.1) is 11.3 Å². The summed E-state index contributed by atoms with van der Waals surface area (Å²) in [6, 6.07) is 1.72. The van der Waals surface area contributed by atoms with Gasteiger partial charge in [-0.2, -0.15) is 0 Å². The summed E-state index contributed by atoms with van der Waals surface area (Å²) in [6.45, 7) is 4.27. The Morgan fingerprint density at radius 2 is 2.00 bits per heavy atom. The van der Waals surface area contributed by atoms with Gasteiger partial charge in [-0.3, -0.25) is 4.79 Å². The second-order valence-electron chi connectivity index (χ2n) is 6.74. The molecule has 1 aromatic carbocycles. The lowest BCUT2D eigenvalue weighted by Crippen LogP contribution is -2.63. The minimum atomic E-state index is -0.959. The molecule has 3 nitrogen and oxygen atoms in total. The molecule has 0 bridgehead atoms. The molecule has 0 heterocycles. The van der Waals surface area contributed by atoms with Crippen molar-refractivity contribution in [3.05, 3.63) is 21.9 Å². The first-order valence-electron chi connectivity index (χ1n) is 7.05. The number of fused-ring (bicyclic) bond motifs is 1. The highest BCUT2D eigenvalue weighted by atomic mass is 16.3. The summed E-state index contributed by atoms with van der Waals surface area (Å²) in [5, 5.41) is 21.1. The van der Waals surface area contributed by atoms with Gasteiger partial charge in [0.25, 0.3) is 0 Å². The highest BCUT2D eigenvalue weighted by Crippen LogP contribution is 2.58. The van der Waals surface area contributed by atoms with Crippen LogP contribution in [0.2, 0.25) is 0 Å². The molecule has 5 atom stereocenters. The summed E-state index contributed by atoms with van der Waals surface area (Å²) in [5.41, 5.74) is -0.0691. The van der Waals surface area contributed by atoms with E-state index >= 15 is 0 Å². The molecule has 100 valence electrons. The Hall–Kier alpha value is -0.670. The van der Waals surface area contributed by atoms with Crippen LogP contribution in [0.25, 0.3) is 0 Å². The number of aliphatic hydroxyl groups excluding tert-OH is 1. The maximum absolute atomic E-state index is 11.3. The molecule has 2 saturated carbocycles. The van der Waals surface area contributed by atoms with Gasteiger partial charge >= 0.3 is 0 Å². The van der Waals surface area contributed by atoms with E-state index in [1.54, 1.807) is 6.07 Å². The molecule has 0 radical (unpaired) electrons. The lowest BCUT2D eigenvalue weighted by atomic mass is 9.50. The maximum atomic E-state index is 11.3. The molecule has 0 spiro atoms. The first-order valence-corrected chi connectivity index (χ1v) is 7.05. The van der Waals surface area contributed by atoms with Crippen LogP contribution in [0.15, 0.2) is 10.9 Å². The van der Waals surface area contributed by atoms with E-state index in [1.165, 1.54) is 0 Å². The zero-order chi connectivity index (χ0) is 13.1. The minimum Gasteiger partial charge on any atom is -0.390 e. The second-order valence-corrected chi connectivity index (χ2v) is 6.74. The van der Waals surface area contributed by atoms with Crippen LogP contribution < -0.4 is 5.43 Å². The van der Waals surface area contributed by atoms with Crippen molar-refractivity contribution in [1.29, 1.82) is 0 Å². The Morgan fingerprint density at radius 3 is 2.61 bits per heavy atom. The van der Waals surface area contributed by atoms with Gasteiger partial charge in [0.05, 0.1) is 11.7 Å². The fourth-order valence-electron chi connectivity index (χ4n) is 4.30. The van der Waals surface area contributed by atoms with E-state index in [1.807, 2.05) is 0 Å². The number of hydrogen-bond acceptors (Lipinski definition) is 3. The van der Waals surface area contributed by atoms with Gasteiger partial charge in [0, 0.05) is 11.0 Å². The molecule has 2 aliphatic carbocycles. The average Bonchev–Trinajstić information content (AvgIpc) is 3.05. The fourth-order valence-corrected chi connectivity index (χ4v) is 4.30. The number of rotatable bonds is 1. The van der Waals surface area contributed by atoms with E-state index in [4.69, 9.17) is 0 Å². The molecule has 2 fully saturated rings. The third-order valence-corrected chi connectivity index (χ3v) is 5.97. The Kier molecular flexibility index (Phi) is 2.52. The Labute approximate surface area is 108 Å². The van der Waals surface area contributed by atoms with Crippen molar-refractivity contribution >= 4 is 0 Å². The van der Waals surface area contributed by atoms with Gasteiger partial charge in [0.2, 0.25) is 0 Å². The van der Waals surface area contributed by atoms with Gasteiger partial charge in [-0.1, -0.05) is 13.8 Å². The predicted molar refractivity (Wildman–Crippen MR) is 69.1 cm³/mol. The molecule has 18 heavy (non-hydrogen) atoms. The molecule has 0 aromatic heterocycles. The second kappa shape index (κ2) is 3.67. The van der Waals surface area contributed by atoms with Crippen molar-refractivity contribution in [2.24, 2.45) is 11.3 Å². The van der Waals surface area contributed by atoms with Gasteiger partial charge in [0.1, 0.15) is 0 Å². The van der Waals surface area contributed by atoms with Crippen LogP contribution in [0.4, 0.5) is 0 Å². The first kappa shape index (κ1) is 12.4. The smallest absolute Gasteiger partial charge is 0.182 e. The van der Waals surface area contributed by atoms with Crippen LogP contribution >= 0.6 is 0 Å². The molecule has 0 saturated heterocycles. The highest BCUT2D eigenvalue weighted by Gasteiger charge is 2.59. The molecule has 0 aliphatic heterocycles. The van der Waals surface area contributed by atoms with Crippen molar-refractivity contribution in [3.8, 4) is 0 Å². The van der Waals surface area contributed by atoms with Crippen LogP contribution in [0.3, 0.4) is 0 Å². The molecule has 3 heteroatoms. The Balaban J connectivity index is 1.92.